The first-order chi connectivity index (χ1) is 10.3. The minimum atomic E-state index is -0.484. The lowest BCUT2D eigenvalue weighted by Crippen LogP contribution is -2.09. The molecule has 2 aromatic carbocycles. The smallest absolute Gasteiger partial charge is 0.142 e. The third kappa shape index (κ3) is 2.67. The van der Waals surface area contributed by atoms with Crippen molar-refractivity contribution in [3.8, 4) is 6.07 Å². The summed E-state index contributed by atoms with van der Waals surface area (Å²) in [5.41, 5.74) is 2.46. The molecule has 1 N–H and O–H groups in total. The van der Waals surface area contributed by atoms with Crippen LogP contribution in [-0.2, 0) is 0 Å². The number of aromatic nitrogens is 1. The van der Waals surface area contributed by atoms with Crippen molar-refractivity contribution in [3.05, 3.63) is 71.4 Å². The van der Waals surface area contributed by atoms with E-state index in [0.29, 0.717) is 5.02 Å². The van der Waals surface area contributed by atoms with Crippen molar-refractivity contribution < 1.29 is 0 Å². The van der Waals surface area contributed by atoms with Gasteiger partial charge in [-0.15, -0.1) is 0 Å². The predicted octanol–water partition coefficient (Wildman–Crippen LogP) is 4.56. The van der Waals surface area contributed by atoms with Gasteiger partial charge < -0.3 is 5.32 Å². The number of halogens is 1. The van der Waals surface area contributed by atoms with E-state index >= 15 is 0 Å². The van der Waals surface area contributed by atoms with Crippen molar-refractivity contribution in [2.75, 3.05) is 5.32 Å². The molecule has 3 aromatic rings. The van der Waals surface area contributed by atoms with E-state index in [4.69, 9.17) is 11.6 Å². The Bertz CT molecular complexity index is 809. The van der Waals surface area contributed by atoms with Crippen LogP contribution in [0.4, 0.5) is 5.69 Å². The van der Waals surface area contributed by atoms with Crippen LogP contribution in [0, 0.1) is 11.3 Å². The molecule has 0 fully saturated rings. The fourth-order valence-electron chi connectivity index (χ4n) is 2.27. The van der Waals surface area contributed by atoms with Gasteiger partial charge in [0, 0.05) is 27.9 Å². The molecule has 0 spiro atoms. The van der Waals surface area contributed by atoms with Crippen molar-refractivity contribution in [3.63, 3.8) is 0 Å². The third-order valence-electron chi connectivity index (χ3n) is 3.27. The lowest BCUT2D eigenvalue weighted by atomic mass is 10.0. The number of fused-ring (bicyclic) bond motifs is 1. The summed E-state index contributed by atoms with van der Waals surface area (Å²) in [5.74, 6) is 0. The Morgan fingerprint density at radius 2 is 1.86 bits per heavy atom. The summed E-state index contributed by atoms with van der Waals surface area (Å²) in [6, 6.07) is 18.8. The minimum absolute atomic E-state index is 0.484. The Labute approximate surface area is 127 Å². The van der Waals surface area contributed by atoms with Crippen LogP contribution in [-0.4, -0.2) is 4.98 Å². The summed E-state index contributed by atoms with van der Waals surface area (Å²) < 4.78 is 0. The first-order valence-corrected chi connectivity index (χ1v) is 6.92. The van der Waals surface area contributed by atoms with Crippen LogP contribution in [0.1, 0.15) is 11.6 Å². The van der Waals surface area contributed by atoms with Crippen LogP contribution in [0.2, 0.25) is 5.02 Å². The molecule has 3 nitrogen and oxygen atoms in total. The molecular weight excluding hydrogens is 282 g/mol. The number of nitrogens with one attached hydrogen (secondary N) is 1. The second kappa shape index (κ2) is 5.82. The molecule has 0 bridgehead atoms. The van der Waals surface area contributed by atoms with E-state index in [0.717, 1.165) is 22.2 Å². The second-order valence-electron chi connectivity index (χ2n) is 4.61. The summed E-state index contributed by atoms with van der Waals surface area (Å²) in [7, 11) is 0. The largest absolute Gasteiger partial charge is 0.366 e. The van der Waals surface area contributed by atoms with Crippen LogP contribution >= 0.6 is 11.6 Å². The minimum Gasteiger partial charge on any atom is -0.366 e. The summed E-state index contributed by atoms with van der Waals surface area (Å²) >= 11 is 6.19. The van der Waals surface area contributed by atoms with Gasteiger partial charge in [0.2, 0.25) is 0 Å². The van der Waals surface area contributed by atoms with Crippen LogP contribution in [0.25, 0.3) is 10.9 Å². The number of benzene rings is 2. The van der Waals surface area contributed by atoms with Gasteiger partial charge in [0.25, 0.3) is 0 Å². The molecule has 1 aromatic heterocycles. The molecule has 3 rings (SSSR count). The van der Waals surface area contributed by atoms with Gasteiger partial charge in [-0.25, -0.2) is 0 Å². The van der Waals surface area contributed by atoms with Gasteiger partial charge in [0.1, 0.15) is 6.04 Å². The summed E-state index contributed by atoms with van der Waals surface area (Å²) in [4.78, 5) is 4.38. The maximum Gasteiger partial charge on any atom is 0.142 e. The SMILES string of the molecule is N#CC(Nc1ccccc1)c1ccc(Cl)c2cccnc12. The van der Waals surface area contributed by atoms with Crippen LogP contribution in [0.3, 0.4) is 0 Å². The topological polar surface area (TPSA) is 48.7 Å². The molecule has 102 valence electrons. The highest BCUT2D eigenvalue weighted by atomic mass is 35.5. The Morgan fingerprint density at radius 1 is 1.05 bits per heavy atom. The highest BCUT2D eigenvalue weighted by molar-refractivity contribution is 6.35. The normalized spacial score (nSPS) is 11.8. The van der Waals surface area contributed by atoms with Gasteiger partial charge in [-0.3, -0.25) is 4.98 Å². The molecule has 1 atom stereocenters. The number of nitrogens with zero attached hydrogens (tertiary/aromatic N) is 2. The number of hydrogen-bond donors (Lipinski definition) is 1. The Hall–Kier alpha value is -2.57. The highest BCUT2D eigenvalue weighted by Crippen LogP contribution is 2.29. The fourth-order valence-corrected chi connectivity index (χ4v) is 2.49. The number of anilines is 1. The molecule has 1 heterocycles. The highest BCUT2D eigenvalue weighted by Gasteiger charge is 2.15. The average molecular weight is 294 g/mol. The van der Waals surface area contributed by atoms with Gasteiger partial charge in [-0.2, -0.15) is 5.26 Å². The van der Waals surface area contributed by atoms with E-state index in [9.17, 15) is 5.26 Å². The first kappa shape index (κ1) is 13.4. The number of pyridine rings is 1. The van der Waals surface area contributed by atoms with Crippen molar-refractivity contribution in [1.29, 1.82) is 5.26 Å². The van der Waals surface area contributed by atoms with Crippen LogP contribution < -0.4 is 5.32 Å². The van der Waals surface area contributed by atoms with Gasteiger partial charge in [-0.05, 0) is 30.3 Å². The number of rotatable bonds is 3. The third-order valence-corrected chi connectivity index (χ3v) is 3.60. The van der Waals surface area contributed by atoms with Crippen molar-refractivity contribution >= 4 is 28.2 Å². The lowest BCUT2D eigenvalue weighted by molar-refractivity contribution is 1.00. The Balaban J connectivity index is 2.06. The number of nitriles is 1. The zero-order chi connectivity index (χ0) is 14.7. The molecular formula is C17H12ClN3. The molecule has 0 radical (unpaired) electrons. The Kier molecular flexibility index (Phi) is 3.72. The lowest BCUT2D eigenvalue weighted by Gasteiger charge is -2.15. The number of para-hydroxylation sites is 1. The summed E-state index contributed by atoms with van der Waals surface area (Å²) in [6.45, 7) is 0. The fraction of sp³-hybridized carbons (Fsp3) is 0.0588. The van der Waals surface area contributed by atoms with Gasteiger partial charge in [0.15, 0.2) is 0 Å². The average Bonchev–Trinajstić information content (AvgIpc) is 2.55. The predicted molar refractivity (Wildman–Crippen MR) is 85.2 cm³/mol. The molecule has 0 aliphatic rings. The van der Waals surface area contributed by atoms with Gasteiger partial charge >= 0.3 is 0 Å². The maximum absolute atomic E-state index is 9.50. The van der Waals surface area contributed by atoms with Crippen molar-refractivity contribution in [2.45, 2.75) is 6.04 Å². The van der Waals surface area contributed by atoms with E-state index in [1.54, 1.807) is 12.3 Å². The van der Waals surface area contributed by atoms with E-state index in [2.05, 4.69) is 16.4 Å². The van der Waals surface area contributed by atoms with Crippen molar-refractivity contribution in [1.82, 2.24) is 4.98 Å². The quantitative estimate of drug-likeness (QED) is 0.770. The number of hydrogen-bond acceptors (Lipinski definition) is 3. The van der Waals surface area contributed by atoms with E-state index < -0.39 is 6.04 Å². The molecule has 0 saturated carbocycles. The molecule has 21 heavy (non-hydrogen) atoms. The molecule has 0 saturated heterocycles. The zero-order valence-corrected chi connectivity index (χ0v) is 11.9. The second-order valence-corrected chi connectivity index (χ2v) is 5.02. The van der Waals surface area contributed by atoms with Crippen LogP contribution in [0.15, 0.2) is 60.8 Å². The monoisotopic (exact) mass is 293 g/mol. The standard InChI is InChI=1S/C17H12ClN3/c18-15-9-8-14(17-13(15)7-4-10-20-17)16(11-19)21-12-5-2-1-3-6-12/h1-10,16,21H. The molecule has 0 amide bonds. The van der Waals surface area contributed by atoms with Gasteiger partial charge in [0.05, 0.1) is 11.6 Å². The van der Waals surface area contributed by atoms with Crippen molar-refractivity contribution in [2.24, 2.45) is 0 Å². The summed E-state index contributed by atoms with van der Waals surface area (Å²) in [5, 5.41) is 14.2. The maximum atomic E-state index is 9.50. The van der Waals surface area contributed by atoms with E-state index in [1.807, 2.05) is 48.5 Å². The Morgan fingerprint density at radius 3 is 2.62 bits per heavy atom. The summed E-state index contributed by atoms with van der Waals surface area (Å²) in [6.07, 6.45) is 1.71. The van der Waals surface area contributed by atoms with E-state index in [1.165, 1.54) is 0 Å². The van der Waals surface area contributed by atoms with E-state index in [-0.39, 0.29) is 0 Å². The zero-order valence-electron chi connectivity index (χ0n) is 11.1. The molecule has 0 aliphatic carbocycles. The molecule has 1 unspecified atom stereocenters. The molecule has 0 aliphatic heterocycles. The molecule has 4 heteroatoms. The first-order valence-electron chi connectivity index (χ1n) is 6.54. The van der Waals surface area contributed by atoms with Crippen LogP contribution in [0.5, 0.6) is 0 Å². The van der Waals surface area contributed by atoms with Gasteiger partial charge in [-0.1, -0.05) is 35.9 Å².